The molecular weight excluding hydrogens is 254 g/mol. The average molecular weight is 273 g/mol. The van der Waals surface area contributed by atoms with Crippen molar-refractivity contribution < 1.29 is 4.79 Å². The molecule has 6 nitrogen and oxygen atoms in total. The molecule has 1 aromatic heterocycles. The number of aromatic nitrogens is 3. The predicted octanol–water partition coefficient (Wildman–Crippen LogP) is 1.44. The Morgan fingerprint density at radius 3 is 2.60 bits per heavy atom. The van der Waals surface area contributed by atoms with Crippen molar-refractivity contribution in [2.45, 2.75) is 6.92 Å². The van der Waals surface area contributed by atoms with Gasteiger partial charge in [0.15, 0.2) is 17.3 Å². The van der Waals surface area contributed by atoms with Crippen LogP contribution in [0.25, 0.3) is 5.69 Å². The van der Waals surface area contributed by atoms with Crippen molar-refractivity contribution >= 4 is 11.6 Å². The lowest BCUT2D eigenvalue weighted by Gasteiger charge is -2.13. The summed E-state index contributed by atoms with van der Waals surface area (Å²) >= 11 is 0. The van der Waals surface area contributed by atoms with E-state index in [1.165, 1.54) is 6.92 Å². The molecule has 1 aromatic carbocycles. The fourth-order valence-electron chi connectivity index (χ4n) is 1.83. The number of anilines is 1. The lowest BCUT2D eigenvalue weighted by molar-refractivity contribution is 0.101. The van der Waals surface area contributed by atoms with Crippen molar-refractivity contribution in [3.05, 3.63) is 36.0 Å². The van der Waals surface area contributed by atoms with E-state index >= 15 is 0 Å². The normalized spacial score (nSPS) is 10.8. The number of para-hydroxylation sites is 1. The number of carbonyl (C=O) groups excluding carboxylic acids is 1. The summed E-state index contributed by atoms with van der Waals surface area (Å²) < 4.78 is 1.66. The standard InChI is InChI=1S/C14H19N5O/c1-11(20)13-14(15-9-10-18(2)3)19(17-16-13)12-7-5-4-6-8-12/h4-8,15H,9-10H2,1-3H3. The zero-order valence-corrected chi connectivity index (χ0v) is 12.0. The largest absolute Gasteiger partial charge is 0.367 e. The van der Waals surface area contributed by atoms with Crippen molar-refractivity contribution in [2.24, 2.45) is 0 Å². The fourth-order valence-corrected chi connectivity index (χ4v) is 1.83. The van der Waals surface area contributed by atoms with Gasteiger partial charge in [-0.15, -0.1) is 5.10 Å². The third-order valence-corrected chi connectivity index (χ3v) is 2.86. The molecule has 0 unspecified atom stereocenters. The molecule has 106 valence electrons. The maximum Gasteiger partial charge on any atom is 0.183 e. The first-order chi connectivity index (χ1) is 9.59. The number of Topliss-reactive ketones (excluding diaryl/α,β-unsaturated/α-hetero) is 1. The summed E-state index contributed by atoms with van der Waals surface area (Å²) in [7, 11) is 4.00. The van der Waals surface area contributed by atoms with Gasteiger partial charge in [-0.3, -0.25) is 4.79 Å². The highest BCUT2D eigenvalue weighted by molar-refractivity contribution is 5.96. The minimum atomic E-state index is -0.0977. The van der Waals surface area contributed by atoms with Crippen LogP contribution in [0.5, 0.6) is 0 Å². The molecular formula is C14H19N5O. The van der Waals surface area contributed by atoms with Gasteiger partial charge in [0.1, 0.15) is 0 Å². The lowest BCUT2D eigenvalue weighted by atomic mass is 10.3. The molecule has 0 atom stereocenters. The minimum Gasteiger partial charge on any atom is -0.367 e. The molecule has 0 fully saturated rings. The second-order valence-corrected chi connectivity index (χ2v) is 4.82. The number of hydrogen-bond donors (Lipinski definition) is 1. The van der Waals surface area contributed by atoms with E-state index in [0.717, 1.165) is 12.2 Å². The summed E-state index contributed by atoms with van der Waals surface area (Å²) in [4.78, 5) is 13.7. The number of hydrogen-bond acceptors (Lipinski definition) is 5. The summed E-state index contributed by atoms with van der Waals surface area (Å²) in [6.45, 7) is 3.07. The first kappa shape index (κ1) is 14.2. The van der Waals surface area contributed by atoms with Crippen LogP contribution < -0.4 is 5.32 Å². The number of rotatable bonds is 6. The minimum absolute atomic E-state index is 0.0977. The molecule has 1 heterocycles. The van der Waals surface area contributed by atoms with E-state index < -0.39 is 0 Å². The Morgan fingerprint density at radius 1 is 1.30 bits per heavy atom. The molecule has 20 heavy (non-hydrogen) atoms. The molecule has 0 bridgehead atoms. The zero-order valence-electron chi connectivity index (χ0n) is 12.0. The van der Waals surface area contributed by atoms with Crippen molar-refractivity contribution in [2.75, 3.05) is 32.5 Å². The van der Waals surface area contributed by atoms with Crippen LogP contribution in [0, 0.1) is 0 Å². The number of ketones is 1. The Labute approximate surface area is 118 Å². The van der Waals surface area contributed by atoms with Crippen LogP contribution >= 0.6 is 0 Å². The molecule has 0 saturated heterocycles. The van der Waals surface area contributed by atoms with Crippen LogP contribution in [0.1, 0.15) is 17.4 Å². The molecule has 6 heteroatoms. The maximum atomic E-state index is 11.6. The topological polar surface area (TPSA) is 63.1 Å². The zero-order chi connectivity index (χ0) is 14.5. The first-order valence-corrected chi connectivity index (χ1v) is 6.50. The molecule has 0 spiro atoms. The molecule has 0 aliphatic rings. The lowest BCUT2D eigenvalue weighted by Crippen LogP contribution is -2.22. The van der Waals surface area contributed by atoms with Gasteiger partial charge in [-0.05, 0) is 26.2 Å². The highest BCUT2D eigenvalue weighted by Gasteiger charge is 2.17. The third kappa shape index (κ3) is 3.21. The van der Waals surface area contributed by atoms with Crippen molar-refractivity contribution in [1.29, 1.82) is 0 Å². The summed E-state index contributed by atoms with van der Waals surface area (Å²) in [5.41, 5.74) is 1.24. The van der Waals surface area contributed by atoms with Crippen LogP contribution in [0.3, 0.4) is 0 Å². The predicted molar refractivity (Wildman–Crippen MR) is 78.4 cm³/mol. The van der Waals surface area contributed by atoms with Gasteiger partial charge in [-0.25, -0.2) is 0 Å². The molecule has 0 aliphatic carbocycles. The molecule has 1 N–H and O–H groups in total. The Balaban J connectivity index is 2.30. The van der Waals surface area contributed by atoms with E-state index in [0.29, 0.717) is 18.1 Å². The quantitative estimate of drug-likeness (QED) is 0.807. The average Bonchev–Trinajstić information content (AvgIpc) is 2.83. The van der Waals surface area contributed by atoms with Gasteiger partial charge >= 0.3 is 0 Å². The Morgan fingerprint density at radius 2 is 2.00 bits per heavy atom. The van der Waals surface area contributed by atoms with Crippen LogP contribution in [0.2, 0.25) is 0 Å². The third-order valence-electron chi connectivity index (χ3n) is 2.86. The van der Waals surface area contributed by atoms with E-state index in [9.17, 15) is 4.79 Å². The van der Waals surface area contributed by atoms with Crippen LogP contribution in [0.15, 0.2) is 30.3 Å². The number of benzene rings is 1. The highest BCUT2D eigenvalue weighted by atomic mass is 16.1. The van der Waals surface area contributed by atoms with Gasteiger partial charge in [-0.1, -0.05) is 23.4 Å². The first-order valence-electron chi connectivity index (χ1n) is 6.50. The van der Waals surface area contributed by atoms with Gasteiger partial charge in [0.2, 0.25) is 0 Å². The molecule has 0 saturated carbocycles. The van der Waals surface area contributed by atoms with Crippen molar-refractivity contribution in [1.82, 2.24) is 19.9 Å². The molecule has 0 aliphatic heterocycles. The summed E-state index contributed by atoms with van der Waals surface area (Å²) in [6.07, 6.45) is 0. The molecule has 0 amide bonds. The SMILES string of the molecule is CC(=O)c1nnn(-c2ccccc2)c1NCCN(C)C. The molecule has 2 aromatic rings. The number of carbonyl (C=O) groups is 1. The Kier molecular flexibility index (Phi) is 4.47. The maximum absolute atomic E-state index is 11.6. The smallest absolute Gasteiger partial charge is 0.183 e. The summed E-state index contributed by atoms with van der Waals surface area (Å²) in [5, 5.41) is 11.3. The van der Waals surface area contributed by atoms with Crippen LogP contribution in [-0.2, 0) is 0 Å². The van der Waals surface area contributed by atoms with Crippen molar-refractivity contribution in [3.63, 3.8) is 0 Å². The van der Waals surface area contributed by atoms with Gasteiger partial charge in [-0.2, -0.15) is 4.68 Å². The van der Waals surface area contributed by atoms with Crippen molar-refractivity contribution in [3.8, 4) is 5.69 Å². The van der Waals surface area contributed by atoms with E-state index in [1.54, 1.807) is 4.68 Å². The van der Waals surface area contributed by atoms with E-state index in [4.69, 9.17) is 0 Å². The number of nitrogens with zero attached hydrogens (tertiary/aromatic N) is 4. The van der Waals surface area contributed by atoms with Crippen LogP contribution in [0.4, 0.5) is 5.82 Å². The van der Waals surface area contributed by atoms with Gasteiger partial charge in [0, 0.05) is 20.0 Å². The molecule has 2 rings (SSSR count). The summed E-state index contributed by atoms with van der Waals surface area (Å²) in [6, 6.07) is 9.64. The monoisotopic (exact) mass is 273 g/mol. The second-order valence-electron chi connectivity index (χ2n) is 4.82. The summed E-state index contributed by atoms with van der Waals surface area (Å²) in [5.74, 6) is 0.546. The highest BCUT2D eigenvalue weighted by Crippen LogP contribution is 2.18. The van der Waals surface area contributed by atoms with Gasteiger partial charge < -0.3 is 10.2 Å². The van der Waals surface area contributed by atoms with E-state index in [1.807, 2.05) is 44.4 Å². The fraction of sp³-hybridized carbons (Fsp3) is 0.357. The van der Waals surface area contributed by atoms with Gasteiger partial charge in [0.05, 0.1) is 5.69 Å². The molecule has 0 radical (unpaired) electrons. The Hall–Kier alpha value is -2.21. The second kappa shape index (κ2) is 6.29. The Bertz CT molecular complexity index is 577. The van der Waals surface area contributed by atoms with E-state index in [2.05, 4.69) is 20.5 Å². The number of likely N-dealkylation sites (N-methyl/N-ethyl adjacent to an activating group) is 1. The van der Waals surface area contributed by atoms with Crippen LogP contribution in [-0.4, -0.2) is 52.9 Å². The number of nitrogens with one attached hydrogen (secondary N) is 1. The van der Waals surface area contributed by atoms with Gasteiger partial charge in [0.25, 0.3) is 0 Å². The van der Waals surface area contributed by atoms with E-state index in [-0.39, 0.29) is 5.78 Å².